The van der Waals surface area contributed by atoms with E-state index in [-0.39, 0.29) is 5.91 Å². The molecule has 2 N–H and O–H groups in total. The molecule has 0 unspecified atom stereocenters. The number of amides is 1. The molecule has 1 aliphatic heterocycles. The minimum absolute atomic E-state index is 0.262. The fourth-order valence-electron chi connectivity index (χ4n) is 4.07. The molecule has 2 aromatic heterocycles. The van der Waals surface area contributed by atoms with E-state index >= 15 is 0 Å². The van der Waals surface area contributed by atoms with Crippen molar-refractivity contribution in [1.82, 2.24) is 24.8 Å². The quantitative estimate of drug-likeness (QED) is 0.577. The molecular formula is C25H32N8O. The number of carbonyl (C=O) groups is 1. The number of rotatable bonds is 6. The first-order chi connectivity index (χ1) is 16.3. The van der Waals surface area contributed by atoms with E-state index in [1.165, 1.54) is 0 Å². The zero-order valence-electron chi connectivity index (χ0n) is 20.5. The van der Waals surface area contributed by atoms with Gasteiger partial charge in [0.25, 0.3) is 5.91 Å². The predicted molar refractivity (Wildman–Crippen MR) is 135 cm³/mol. The van der Waals surface area contributed by atoms with Crippen molar-refractivity contribution >= 4 is 29.3 Å². The van der Waals surface area contributed by atoms with E-state index in [0.29, 0.717) is 35.7 Å². The van der Waals surface area contributed by atoms with E-state index in [4.69, 9.17) is 0 Å². The van der Waals surface area contributed by atoms with Crippen LogP contribution in [0.15, 0.2) is 30.3 Å². The Bertz CT molecular complexity index is 1160. The Labute approximate surface area is 200 Å². The topological polar surface area (TPSA) is 99.2 Å². The number of nitrogens with zero attached hydrogens (tertiary/aromatic N) is 6. The molecule has 0 aliphatic carbocycles. The Balaban J connectivity index is 1.53. The third kappa shape index (κ3) is 5.48. The second-order valence-electron chi connectivity index (χ2n) is 8.78. The smallest absolute Gasteiger partial charge is 0.274 e. The standard InChI is InChI=1S/C25H32N8O/c1-6-20-27-24(31-25(29-20)33-12-10-32(5)11-13-33)28-21-9-7-8-19(26-21)23(34)30-22-17(3)14-16(2)15-18(22)4/h7-9,14-15H,6,10-13H2,1-5H3,(H,30,34)(H,26,27,28,29,31). The SMILES string of the molecule is CCc1nc(Nc2cccc(C(=O)Nc3c(C)cc(C)cc3C)n2)nc(N2CCN(C)CC2)n1. The first-order valence-electron chi connectivity index (χ1n) is 11.6. The van der Waals surface area contributed by atoms with Crippen LogP contribution in [0.1, 0.15) is 39.9 Å². The summed E-state index contributed by atoms with van der Waals surface area (Å²) in [7, 11) is 2.12. The van der Waals surface area contributed by atoms with Crippen molar-refractivity contribution < 1.29 is 4.79 Å². The molecule has 0 radical (unpaired) electrons. The highest BCUT2D eigenvalue weighted by molar-refractivity contribution is 6.04. The summed E-state index contributed by atoms with van der Waals surface area (Å²) in [5, 5.41) is 6.17. The van der Waals surface area contributed by atoms with Crippen LogP contribution in [0.5, 0.6) is 0 Å². The zero-order valence-corrected chi connectivity index (χ0v) is 20.5. The largest absolute Gasteiger partial charge is 0.338 e. The van der Waals surface area contributed by atoms with E-state index in [1.807, 2.05) is 27.7 Å². The summed E-state index contributed by atoms with van der Waals surface area (Å²) < 4.78 is 0. The Morgan fingerprint density at radius 3 is 2.35 bits per heavy atom. The van der Waals surface area contributed by atoms with Crippen molar-refractivity contribution in [2.45, 2.75) is 34.1 Å². The molecule has 1 amide bonds. The summed E-state index contributed by atoms with van der Waals surface area (Å²) in [5.74, 6) is 2.05. The van der Waals surface area contributed by atoms with Gasteiger partial charge in [-0.05, 0) is 51.1 Å². The summed E-state index contributed by atoms with van der Waals surface area (Å²) in [6.45, 7) is 11.7. The first-order valence-corrected chi connectivity index (χ1v) is 11.6. The lowest BCUT2D eigenvalue weighted by molar-refractivity contribution is 0.102. The van der Waals surface area contributed by atoms with E-state index < -0.39 is 0 Å². The van der Waals surface area contributed by atoms with Crippen molar-refractivity contribution in [1.29, 1.82) is 0 Å². The van der Waals surface area contributed by atoms with Gasteiger partial charge in [0, 0.05) is 38.3 Å². The van der Waals surface area contributed by atoms with E-state index in [1.54, 1.807) is 18.2 Å². The van der Waals surface area contributed by atoms with Crippen molar-refractivity contribution in [3.8, 4) is 0 Å². The lowest BCUT2D eigenvalue weighted by Crippen LogP contribution is -2.45. The second-order valence-corrected chi connectivity index (χ2v) is 8.78. The predicted octanol–water partition coefficient (Wildman–Crippen LogP) is 3.50. The number of benzene rings is 1. The number of hydrogen-bond acceptors (Lipinski definition) is 8. The number of aryl methyl sites for hydroxylation is 4. The number of aromatic nitrogens is 4. The summed E-state index contributed by atoms with van der Waals surface area (Å²) >= 11 is 0. The molecule has 1 aromatic carbocycles. The number of pyridine rings is 1. The van der Waals surface area contributed by atoms with Crippen molar-refractivity contribution in [2.75, 3.05) is 48.8 Å². The van der Waals surface area contributed by atoms with Crippen LogP contribution >= 0.6 is 0 Å². The van der Waals surface area contributed by atoms with E-state index in [9.17, 15) is 4.79 Å². The lowest BCUT2D eigenvalue weighted by Gasteiger charge is -2.32. The highest BCUT2D eigenvalue weighted by Crippen LogP contribution is 2.23. The molecule has 0 spiro atoms. The summed E-state index contributed by atoms with van der Waals surface area (Å²) in [5.41, 5.74) is 4.34. The van der Waals surface area contributed by atoms with Crippen molar-refractivity contribution in [3.05, 3.63) is 58.5 Å². The minimum atomic E-state index is -0.262. The number of likely N-dealkylation sites (N-methyl/N-ethyl adjacent to an activating group) is 1. The summed E-state index contributed by atoms with van der Waals surface area (Å²) in [6, 6.07) is 9.39. The fourth-order valence-corrected chi connectivity index (χ4v) is 4.07. The maximum absolute atomic E-state index is 12.9. The van der Waals surface area contributed by atoms with Crippen LogP contribution in [0.3, 0.4) is 0 Å². The van der Waals surface area contributed by atoms with Gasteiger partial charge in [-0.25, -0.2) is 4.98 Å². The lowest BCUT2D eigenvalue weighted by atomic mass is 10.0. The molecule has 0 bridgehead atoms. The maximum atomic E-state index is 12.9. The molecule has 1 fully saturated rings. The van der Waals surface area contributed by atoms with E-state index in [0.717, 1.165) is 48.6 Å². The molecule has 3 heterocycles. The Hall–Kier alpha value is -3.59. The van der Waals surface area contributed by atoms with Gasteiger partial charge < -0.3 is 20.4 Å². The third-order valence-electron chi connectivity index (χ3n) is 5.91. The Morgan fingerprint density at radius 1 is 0.971 bits per heavy atom. The van der Waals surface area contributed by atoms with Crippen LogP contribution in [0, 0.1) is 20.8 Å². The van der Waals surface area contributed by atoms with E-state index in [2.05, 4.69) is 59.5 Å². The summed E-state index contributed by atoms with van der Waals surface area (Å²) in [6.07, 6.45) is 0.697. The Kier molecular flexibility index (Phi) is 7.02. The molecule has 34 heavy (non-hydrogen) atoms. The molecule has 3 aromatic rings. The van der Waals surface area contributed by atoms with Crippen molar-refractivity contribution in [3.63, 3.8) is 0 Å². The molecule has 178 valence electrons. The van der Waals surface area contributed by atoms with Gasteiger partial charge >= 0.3 is 0 Å². The molecule has 9 heteroatoms. The van der Waals surface area contributed by atoms with Crippen LogP contribution < -0.4 is 15.5 Å². The van der Waals surface area contributed by atoms with Crippen LogP contribution in [-0.2, 0) is 6.42 Å². The van der Waals surface area contributed by atoms with Gasteiger partial charge in [-0.15, -0.1) is 0 Å². The average molecular weight is 461 g/mol. The number of nitrogens with one attached hydrogen (secondary N) is 2. The van der Waals surface area contributed by atoms with Crippen LogP contribution in [0.4, 0.5) is 23.4 Å². The zero-order chi connectivity index (χ0) is 24.2. The summed E-state index contributed by atoms with van der Waals surface area (Å²) in [4.78, 5) is 35.7. The first kappa shape index (κ1) is 23.6. The molecular weight excluding hydrogens is 428 g/mol. The average Bonchev–Trinajstić information content (AvgIpc) is 2.81. The fraction of sp³-hybridized carbons (Fsp3) is 0.400. The van der Waals surface area contributed by atoms with Crippen LogP contribution in [-0.4, -0.2) is 64.0 Å². The highest BCUT2D eigenvalue weighted by atomic mass is 16.1. The van der Waals surface area contributed by atoms with Gasteiger partial charge in [0.05, 0.1) is 0 Å². The Morgan fingerprint density at radius 2 is 1.68 bits per heavy atom. The number of carbonyl (C=O) groups excluding carboxylic acids is 1. The molecule has 9 nitrogen and oxygen atoms in total. The van der Waals surface area contributed by atoms with Crippen LogP contribution in [0.2, 0.25) is 0 Å². The number of anilines is 4. The second kappa shape index (κ2) is 10.1. The number of hydrogen-bond donors (Lipinski definition) is 2. The number of piperazine rings is 1. The normalized spacial score (nSPS) is 14.2. The molecule has 1 aliphatic rings. The van der Waals surface area contributed by atoms with Crippen LogP contribution in [0.25, 0.3) is 0 Å². The monoisotopic (exact) mass is 460 g/mol. The van der Waals surface area contributed by atoms with Crippen molar-refractivity contribution in [2.24, 2.45) is 0 Å². The van der Waals surface area contributed by atoms with Gasteiger partial charge in [0.1, 0.15) is 17.3 Å². The van der Waals surface area contributed by atoms with Gasteiger partial charge in [-0.2, -0.15) is 15.0 Å². The van der Waals surface area contributed by atoms with Gasteiger partial charge in [-0.1, -0.05) is 30.7 Å². The third-order valence-corrected chi connectivity index (χ3v) is 5.91. The maximum Gasteiger partial charge on any atom is 0.274 e. The minimum Gasteiger partial charge on any atom is -0.338 e. The van der Waals surface area contributed by atoms with Gasteiger partial charge in [-0.3, -0.25) is 4.79 Å². The molecule has 0 atom stereocenters. The van der Waals surface area contributed by atoms with Gasteiger partial charge in [0.2, 0.25) is 11.9 Å². The highest BCUT2D eigenvalue weighted by Gasteiger charge is 2.19. The molecule has 4 rings (SSSR count). The molecule has 1 saturated heterocycles. The van der Waals surface area contributed by atoms with Gasteiger partial charge in [0.15, 0.2) is 0 Å². The molecule has 0 saturated carbocycles.